The normalized spacial score (nSPS) is 16.0. The molecule has 3 aromatic heterocycles. The second kappa shape index (κ2) is 10.1. The maximum atomic E-state index is 13.7. The minimum atomic E-state index is -1.28. The summed E-state index contributed by atoms with van der Waals surface area (Å²) in [6.07, 6.45) is 4.82. The number of aromatic amines is 1. The van der Waals surface area contributed by atoms with Crippen molar-refractivity contribution in [3.63, 3.8) is 0 Å². The molecule has 1 saturated heterocycles. The van der Waals surface area contributed by atoms with E-state index in [2.05, 4.69) is 35.5 Å². The number of hydrogen-bond donors (Lipinski definition) is 4. The molecule has 0 bridgehead atoms. The molecule has 10 nitrogen and oxygen atoms in total. The quantitative estimate of drug-likeness (QED) is 0.288. The predicted octanol–water partition coefficient (Wildman–Crippen LogP) is 3.77. The van der Waals surface area contributed by atoms with Gasteiger partial charge in [-0.2, -0.15) is 0 Å². The van der Waals surface area contributed by atoms with Crippen molar-refractivity contribution in [3.05, 3.63) is 70.0 Å². The maximum absolute atomic E-state index is 13.7. The van der Waals surface area contributed by atoms with Crippen LogP contribution in [0.15, 0.2) is 54.4 Å². The SMILES string of the molecule is O=C(O)NC1(C(=O)NC(Cc2nccs2)c2ccc(Cl)cc2)CCN(c2ncnc3[nH]ccc23)CC1. The molecule has 1 aromatic carbocycles. The summed E-state index contributed by atoms with van der Waals surface area (Å²) in [6.45, 7) is 0.895. The molecule has 1 aliphatic rings. The van der Waals surface area contributed by atoms with Gasteiger partial charge in [-0.3, -0.25) is 4.79 Å². The zero-order valence-electron chi connectivity index (χ0n) is 19.1. The van der Waals surface area contributed by atoms with Gasteiger partial charge in [0.25, 0.3) is 0 Å². The topological polar surface area (TPSA) is 136 Å². The van der Waals surface area contributed by atoms with Gasteiger partial charge in [-0.1, -0.05) is 23.7 Å². The summed E-state index contributed by atoms with van der Waals surface area (Å²) in [5, 5.41) is 19.5. The van der Waals surface area contributed by atoms with Gasteiger partial charge < -0.3 is 25.6 Å². The molecule has 1 fully saturated rings. The van der Waals surface area contributed by atoms with Crippen molar-refractivity contribution in [1.29, 1.82) is 0 Å². The first-order valence-electron chi connectivity index (χ1n) is 11.4. The van der Waals surface area contributed by atoms with Crippen LogP contribution in [-0.4, -0.2) is 55.7 Å². The van der Waals surface area contributed by atoms with E-state index in [0.717, 1.165) is 27.4 Å². The second-order valence-corrected chi connectivity index (χ2v) is 10.1. The van der Waals surface area contributed by atoms with Crippen molar-refractivity contribution < 1.29 is 14.7 Å². The standard InChI is InChI=1S/C24H24ClN7O3S/c25-16-3-1-15(2-4-16)18(13-19-26-9-12-36-19)30-22(33)24(31-23(34)35)6-10-32(11-7-24)21-17-5-8-27-20(17)28-14-29-21/h1-5,8-9,12,14,18,31H,6-7,10-11,13H2,(H,30,33)(H,34,35)(H,27,28,29). The minimum absolute atomic E-state index is 0.283. The number of benzene rings is 1. The van der Waals surface area contributed by atoms with Crippen molar-refractivity contribution >= 4 is 51.8 Å². The van der Waals surface area contributed by atoms with Crippen molar-refractivity contribution in [3.8, 4) is 0 Å². The number of hydrogen-bond acceptors (Lipinski definition) is 7. The molecule has 0 aliphatic carbocycles. The number of aromatic nitrogens is 4. The number of thiazole rings is 1. The van der Waals surface area contributed by atoms with Gasteiger partial charge in [0.2, 0.25) is 5.91 Å². The van der Waals surface area contributed by atoms with Gasteiger partial charge in [-0.15, -0.1) is 11.3 Å². The highest BCUT2D eigenvalue weighted by Gasteiger charge is 2.44. The van der Waals surface area contributed by atoms with Crippen LogP contribution in [0.1, 0.15) is 29.5 Å². The third kappa shape index (κ3) is 4.98. The molecule has 1 aliphatic heterocycles. The Bertz CT molecular complexity index is 1350. The van der Waals surface area contributed by atoms with Crippen LogP contribution < -0.4 is 15.5 Å². The van der Waals surface area contributed by atoms with Crippen LogP contribution in [0.5, 0.6) is 0 Å². The van der Waals surface area contributed by atoms with E-state index in [1.165, 1.54) is 17.7 Å². The van der Waals surface area contributed by atoms with E-state index in [9.17, 15) is 14.7 Å². The average Bonchev–Trinajstić information content (AvgIpc) is 3.56. The van der Waals surface area contributed by atoms with Crippen LogP contribution in [0.4, 0.5) is 10.6 Å². The molecule has 0 radical (unpaired) electrons. The number of halogens is 1. The Hall–Kier alpha value is -3.70. The third-order valence-electron chi connectivity index (χ3n) is 6.47. The second-order valence-electron chi connectivity index (χ2n) is 8.64. The van der Waals surface area contributed by atoms with Crippen LogP contribution >= 0.6 is 22.9 Å². The zero-order valence-corrected chi connectivity index (χ0v) is 20.7. The van der Waals surface area contributed by atoms with E-state index in [0.29, 0.717) is 24.5 Å². The number of nitrogens with one attached hydrogen (secondary N) is 3. The van der Waals surface area contributed by atoms with Crippen LogP contribution in [-0.2, 0) is 11.2 Å². The zero-order chi connectivity index (χ0) is 25.1. The van der Waals surface area contributed by atoms with Gasteiger partial charge in [0.1, 0.15) is 23.3 Å². The molecule has 1 unspecified atom stereocenters. The molecule has 186 valence electrons. The minimum Gasteiger partial charge on any atom is -0.465 e. The molecule has 2 amide bonds. The van der Waals surface area contributed by atoms with Crippen LogP contribution in [0, 0.1) is 0 Å². The van der Waals surface area contributed by atoms with E-state index < -0.39 is 17.7 Å². The lowest BCUT2D eigenvalue weighted by atomic mass is 9.85. The lowest BCUT2D eigenvalue weighted by molar-refractivity contribution is -0.129. The summed E-state index contributed by atoms with van der Waals surface area (Å²) in [5.41, 5.74) is 0.313. The fourth-order valence-electron chi connectivity index (χ4n) is 4.60. The fourth-order valence-corrected chi connectivity index (χ4v) is 5.39. The monoisotopic (exact) mass is 525 g/mol. The smallest absolute Gasteiger partial charge is 0.405 e. The molecule has 12 heteroatoms. The molecule has 4 heterocycles. The summed E-state index contributed by atoms with van der Waals surface area (Å²) in [4.78, 5) is 43.6. The Balaban J connectivity index is 1.37. The first-order chi connectivity index (χ1) is 17.4. The van der Waals surface area contributed by atoms with E-state index >= 15 is 0 Å². The van der Waals surface area contributed by atoms with Gasteiger partial charge in [0, 0.05) is 42.3 Å². The molecule has 0 spiro atoms. The van der Waals surface area contributed by atoms with Crippen molar-refractivity contribution in [1.82, 2.24) is 30.6 Å². The van der Waals surface area contributed by atoms with E-state index in [1.54, 1.807) is 24.5 Å². The number of anilines is 1. The van der Waals surface area contributed by atoms with E-state index in [1.807, 2.05) is 23.6 Å². The number of fused-ring (bicyclic) bond motifs is 1. The number of nitrogens with zero attached hydrogens (tertiary/aromatic N) is 4. The van der Waals surface area contributed by atoms with Crippen LogP contribution in [0.2, 0.25) is 5.02 Å². The van der Waals surface area contributed by atoms with Crippen molar-refractivity contribution in [2.75, 3.05) is 18.0 Å². The number of carbonyl (C=O) groups excluding carboxylic acids is 1. The summed E-state index contributed by atoms with van der Waals surface area (Å²) in [5.74, 6) is 0.393. The maximum Gasteiger partial charge on any atom is 0.405 e. The van der Waals surface area contributed by atoms with Crippen molar-refractivity contribution in [2.45, 2.75) is 30.8 Å². The number of carbonyl (C=O) groups is 2. The van der Waals surface area contributed by atoms with Gasteiger partial charge in [0.05, 0.1) is 16.4 Å². The lowest BCUT2D eigenvalue weighted by Gasteiger charge is -2.41. The molecule has 5 rings (SSSR count). The third-order valence-corrected chi connectivity index (χ3v) is 7.52. The van der Waals surface area contributed by atoms with Gasteiger partial charge in [0.15, 0.2) is 0 Å². The van der Waals surface area contributed by atoms with Gasteiger partial charge in [-0.25, -0.2) is 19.7 Å². The molecule has 4 aromatic rings. The lowest BCUT2D eigenvalue weighted by Crippen LogP contribution is -2.63. The van der Waals surface area contributed by atoms with Gasteiger partial charge in [-0.05, 0) is 36.6 Å². The highest BCUT2D eigenvalue weighted by Crippen LogP contribution is 2.31. The Labute approximate surface area is 215 Å². The van der Waals surface area contributed by atoms with E-state index in [4.69, 9.17) is 11.6 Å². The van der Waals surface area contributed by atoms with E-state index in [-0.39, 0.29) is 18.7 Å². The molecular formula is C24H24ClN7O3S. The van der Waals surface area contributed by atoms with Gasteiger partial charge >= 0.3 is 6.09 Å². The van der Waals surface area contributed by atoms with Crippen molar-refractivity contribution in [2.24, 2.45) is 0 Å². The first-order valence-corrected chi connectivity index (χ1v) is 12.7. The number of carboxylic acid groups (broad SMARTS) is 1. The number of amides is 2. The summed E-state index contributed by atoms with van der Waals surface area (Å²) >= 11 is 7.57. The fraction of sp³-hybridized carbons (Fsp3) is 0.292. The summed E-state index contributed by atoms with van der Waals surface area (Å²) in [7, 11) is 0. The average molecular weight is 526 g/mol. The largest absolute Gasteiger partial charge is 0.465 e. The summed E-state index contributed by atoms with van der Waals surface area (Å²) in [6, 6.07) is 8.77. The molecule has 4 N–H and O–H groups in total. The Morgan fingerprint density at radius 3 is 2.64 bits per heavy atom. The summed E-state index contributed by atoms with van der Waals surface area (Å²) < 4.78 is 0. The Morgan fingerprint density at radius 2 is 1.94 bits per heavy atom. The molecular weight excluding hydrogens is 502 g/mol. The highest BCUT2D eigenvalue weighted by molar-refractivity contribution is 7.09. The highest BCUT2D eigenvalue weighted by atomic mass is 35.5. The van der Waals surface area contributed by atoms with Crippen LogP contribution in [0.25, 0.3) is 11.0 Å². The predicted molar refractivity (Wildman–Crippen MR) is 137 cm³/mol. The van der Waals surface area contributed by atoms with Crippen LogP contribution in [0.3, 0.4) is 0 Å². The Morgan fingerprint density at radius 1 is 1.17 bits per heavy atom. The molecule has 36 heavy (non-hydrogen) atoms. The molecule has 0 saturated carbocycles. The Kier molecular flexibility index (Phi) is 6.75. The first kappa shape index (κ1) is 24.0. The number of rotatable bonds is 7. The molecule has 1 atom stereocenters. The number of H-pyrrole nitrogens is 1. The number of piperidine rings is 1.